The van der Waals surface area contributed by atoms with Crippen LogP contribution in [0.4, 0.5) is 0 Å². The molecule has 86 valence electrons. The molecule has 2 aromatic heterocycles. The number of primary sulfonamides is 1. The molecular weight excluding hydrogens is 232 g/mol. The molecule has 0 aromatic carbocycles. The molecule has 0 aliphatic carbocycles. The first kappa shape index (κ1) is 10.8. The van der Waals surface area contributed by atoms with Gasteiger partial charge in [0.05, 0.1) is 11.8 Å². The lowest BCUT2D eigenvalue weighted by Crippen LogP contribution is -2.13. The predicted octanol–water partition coefficient (Wildman–Crippen LogP) is -0.839. The Morgan fingerprint density at radius 2 is 2.19 bits per heavy atom. The zero-order valence-corrected chi connectivity index (χ0v) is 9.48. The van der Waals surface area contributed by atoms with Crippen LogP contribution in [0.1, 0.15) is 5.69 Å². The number of H-pyrrole nitrogens is 1. The van der Waals surface area contributed by atoms with Gasteiger partial charge in [0.25, 0.3) is 15.2 Å². The molecule has 0 amide bonds. The Morgan fingerprint density at radius 1 is 1.50 bits per heavy atom. The maximum Gasteiger partial charge on any atom is 0.273 e. The minimum Gasteiger partial charge on any atom is -0.272 e. The number of nitrogens with two attached hydrogens (primary N) is 1. The summed E-state index contributed by atoms with van der Waals surface area (Å²) in [6.45, 7) is 1.83. The van der Waals surface area contributed by atoms with E-state index < -0.39 is 10.0 Å². The number of hydrogen-bond acceptors (Lipinski definition) is 5. The molecular formula is C7H10N6O2S. The second-order valence-corrected chi connectivity index (χ2v) is 4.75. The highest BCUT2D eigenvalue weighted by molar-refractivity contribution is 7.89. The van der Waals surface area contributed by atoms with Crippen LogP contribution in [0.25, 0.3) is 11.4 Å². The van der Waals surface area contributed by atoms with Crippen LogP contribution in [0.15, 0.2) is 11.4 Å². The monoisotopic (exact) mass is 242 g/mol. The number of sulfonamides is 1. The van der Waals surface area contributed by atoms with Gasteiger partial charge in [-0.1, -0.05) is 0 Å². The fourth-order valence-corrected chi connectivity index (χ4v) is 1.60. The van der Waals surface area contributed by atoms with E-state index in [1.54, 1.807) is 17.9 Å². The highest BCUT2D eigenvalue weighted by Gasteiger charge is 2.17. The van der Waals surface area contributed by atoms with E-state index in [-0.39, 0.29) is 11.0 Å². The fraction of sp³-hybridized carbons (Fsp3) is 0.286. The van der Waals surface area contributed by atoms with E-state index in [0.717, 1.165) is 5.69 Å². The Bertz CT molecular complexity index is 625. The maximum atomic E-state index is 11.0. The van der Waals surface area contributed by atoms with Crippen LogP contribution < -0.4 is 5.14 Å². The van der Waals surface area contributed by atoms with Crippen molar-refractivity contribution in [3.63, 3.8) is 0 Å². The van der Waals surface area contributed by atoms with Gasteiger partial charge in [-0.25, -0.2) is 18.7 Å². The lowest BCUT2D eigenvalue weighted by molar-refractivity contribution is 0.589. The molecule has 2 rings (SSSR count). The largest absolute Gasteiger partial charge is 0.273 e. The quantitative estimate of drug-likeness (QED) is 0.711. The molecule has 2 aromatic rings. The summed E-state index contributed by atoms with van der Waals surface area (Å²) in [5, 5.41) is 14.6. The van der Waals surface area contributed by atoms with Gasteiger partial charge in [-0.05, 0) is 6.92 Å². The molecule has 0 aliphatic heterocycles. The molecule has 0 aliphatic rings. The zero-order chi connectivity index (χ0) is 11.9. The van der Waals surface area contributed by atoms with Crippen LogP contribution in [-0.2, 0) is 17.1 Å². The zero-order valence-electron chi connectivity index (χ0n) is 8.67. The Morgan fingerprint density at radius 3 is 2.62 bits per heavy atom. The number of aryl methyl sites for hydroxylation is 1. The minimum atomic E-state index is -3.85. The molecule has 0 saturated carbocycles. The van der Waals surface area contributed by atoms with E-state index in [2.05, 4.69) is 20.3 Å². The van der Waals surface area contributed by atoms with Crippen molar-refractivity contribution in [1.29, 1.82) is 0 Å². The molecule has 0 atom stereocenters. The summed E-state index contributed by atoms with van der Waals surface area (Å²) in [6, 6.07) is 0. The maximum absolute atomic E-state index is 11.0. The second kappa shape index (κ2) is 3.39. The standard InChI is InChI=1S/C7H10N6O2S/c1-4-5(3-9-13(4)2)6-10-7(12-11-6)16(8,14)15/h3H,1-2H3,(H2,8,14,15)(H,10,11,12). The lowest BCUT2D eigenvalue weighted by atomic mass is 10.2. The average molecular weight is 242 g/mol. The number of nitrogens with zero attached hydrogens (tertiary/aromatic N) is 4. The molecule has 16 heavy (non-hydrogen) atoms. The van der Waals surface area contributed by atoms with Gasteiger partial charge in [0, 0.05) is 12.7 Å². The number of hydrogen-bond donors (Lipinski definition) is 2. The molecule has 8 nitrogen and oxygen atoms in total. The molecule has 2 heterocycles. The van der Waals surface area contributed by atoms with Crippen molar-refractivity contribution >= 4 is 10.0 Å². The van der Waals surface area contributed by atoms with Gasteiger partial charge in [0.2, 0.25) is 0 Å². The van der Waals surface area contributed by atoms with Gasteiger partial charge in [-0.3, -0.25) is 4.68 Å². The third-order valence-corrected chi connectivity index (χ3v) is 2.93. The van der Waals surface area contributed by atoms with Crippen LogP contribution in [0.2, 0.25) is 0 Å². The van der Waals surface area contributed by atoms with E-state index in [9.17, 15) is 8.42 Å². The first-order chi connectivity index (χ1) is 7.39. The van der Waals surface area contributed by atoms with E-state index >= 15 is 0 Å². The van der Waals surface area contributed by atoms with Crippen LogP contribution in [0.3, 0.4) is 0 Å². The third kappa shape index (κ3) is 1.70. The first-order valence-electron chi connectivity index (χ1n) is 4.34. The Labute approximate surface area is 91.5 Å². The van der Waals surface area contributed by atoms with Crippen molar-refractivity contribution in [3.8, 4) is 11.4 Å². The molecule has 0 bridgehead atoms. The van der Waals surface area contributed by atoms with Crippen molar-refractivity contribution in [2.75, 3.05) is 0 Å². The van der Waals surface area contributed by atoms with Gasteiger partial charge in [-0.15, -0.1) is 0 Å². The lowest BCUT2D eigenvalue weighted by Gasteiger charge is -1.94. The van der Waals surface area contributed by atoms with E-state index in [0.29, 0.717) is 5.56 Å². The Hall–Kier alpha value is -1.74. The van der Waals surface area contributed by atoms with Crippen molar-refractivity contribution < 1.29 is 8.42 Å². The summed E-state index contributed by atoms with van der Waals surface area (Å²) in [5.41, 5.74) is 1.49. The number of rotatable bonds is 2. The van der Waals surface area contributed by atoms with Crippen LogP contribution in [0, 0.1) is 6.92 Å². The molecule has 0 saturated heterocycles. The molecule has 0 fully saturated rings. The van der Waals surface area contributed by atoms with E-state index in [1.165, 1.54) is 0 Å². The Balaban J connectivity index is 2.51. The normalized spacial score (nSPS) is 11.9. The van der Waals surface area contributed by atoms with Crippen LogP contribution in [-0.4, -0.2) is 33.4 Å². The molecule has 0 spiro atoms. The molecule has 0 unspecified atom stereocenters. The minimum absolute atomic E-state index is 0.259. The SMILES string of the molecule is Cc1c(-c2n[nH]c(S(N)(=O)=O)n2)cnn1C. The van der Waals surface area contributed by atoms with Gasteiger partial charge in [0.1, 0.15) is 0 Å². The smallest absolute Gasteiger partial charge is 0.272 e. The summed E-state index contributed by atoms with van der Waals surface area (Å²) in [5.74, 6) is 0.259. The number of nitrogens with one attached hydrogen (secondary N) is 1. The summed E-state index contributed by atoms with van der Waals surface area (Å²) in [7, 11) is -2.08. The van der Waals surface area contributed by atoms with Gasteiger partial charge in [-0.2, -0.15) is 15.2 Å². The van der Waals surface area contributed by atoms with Gasteiger partial charge >= 0.3 is 0 Å². The third-order valence-electron chi connectivity index (χ3n) is 2.21. The highest BCUT2D eigenvalue weighted by atomic mass is 32.2. The van der Waals surface area contributed by atoms with Crippen molar-refractivity contribution in [2.45, 2.75) is 12.1 Å². The fourth-order valence-electron chi connectivity index (χ4n) is 1.21. The molecule has 3 N–H and O–H groups in total. The summed E-state index contributed by atoms with van der Waals surface area (Å²) in [4.78, 5) is 3.79. The highest BCUT2D eigenvalue weighted by Crippen LogP contribution is 2.18. The first-order valence-corrected chi connectivity index (χ1v) is 5.88. The predicted molar refractivity (Wildman–Crippen MR) is 54.7 cm³/mol. The van der Waals surface area contributed by atoms with Gasteiger partial charge in [0.15, 0.2) is 5.82 Å². The number of aromatic amines is 1. The van der Waals surface area contributed by atoms with Crippen molar-refractivity contribution in [3.05, 3.63) is 11.9 Å². The summed E-state index contributed by atoms with van der Waals surface area (Å²) >= 11 is 0. The molecule has 9 heteroatoms. The molecule has 0 radical (unpaired) electrons. The number of aromatic nitrogens is 5. The van der Waals surface area contributed by atoms with Gasteiger partial charge < -0.3 is 0 Å². The van der Waals surface area contributed by atoms with Crippen molar-refractivity contribution in [1.82, 2.24) is 25.0 Å². The van der Waals surface area contributed by atoms with Crippen LogP contribution >= 0.6 is 0 Å². The summed E-state index contributed by atoms with van der Waals surface area (Å²) in [6.07, 6.45) is 1.56. The van der Waals surface area contributed by atoms with E-state index in [4.69, 9.17) is 5.14 Å². The topological polar surface area (TPSA) is 120 Å². The second-order valence-electron chi connectivity index (χ2n) is 3.28. The van der Waals surface area contributed by atoms with Crippen LogP contribution in [0.5, 0.6) is 0 Å². The average Bonchev–Trinajstić information content (AvgIpc) is 2.74. The summed E-state index contributed by atoms with van der Waals surface area (Å²) < 4.78 is 23.6. The van der Waals surface area contributed by atoms with E-state index in [1.807, 2.05) is 6.92 Å². The van der Waals surface area contributed by atoms with Crippen molar-refractivity contribution in [2.24, 2.45) is 12.2 Å². The Kier molecular flexibility index (Phi) is 2.28.